The summed E-state index contributed by atoms with van der Waals surface area (Å²) in [6.07, 6.45) is 3.15. The highest BCUT2D eigenvalue weighted by atomic mass is 35.5. The summed E-state index contributed by atoms with van der Waals surface area (Å²) >= 11 is 11.0. The predicted octanol–water partition coefficient (Wildman–Crippen LogP) is 3.74. The molecular weight excluding hydrogens is 296 g/mol. The zero-order valence-corrected chi connectivity index (χ0v) is 11.7. The number of rotatable bonds is 3. The zero-order valence-electron chi connectivity index (χ0n) is 10.2. The van der Waals surface area contributed by atoms with Gasteiger partial charge >= 0.3 is 0 Å². The molecule has 5 nitrogen and oxygen atoms in total. The molecule has 0 bridgehead atoms. The van der Waals surface area contributed by atoms with Gasteiger partial charge in [-0.3, -0.25) is 0 Å². The fourth-order valence-electron chi connectivity index (χ4n) is 1.66. The minimum atomic E-state index is 0.401. The highest BCUT2D eigenvalue weighted by Crippen LogP contribution is 2.19. The molecule has 1 N–H and O–H groups in total. The Morgan fingerprint density at radius 2 is 2.10 bits per heavy atom. The van der Waals surface area contributed by atoms with Gasteiger partial charge in [0.15, 0.2) is 5.82 Å². The van der Waals surface area contributed by atoms with Crippen molar-refractivity contribution in [1.29, 1.82) is 0 Å². The van der Waals surface area contributed by atoms with E-state index in [1.165, 1.54) is 4.68 Å². The summed E-state index contributed by atoms with van der Waals surface area (Å²) in [6, 6.07) is 10.9. The van der Waals surface area contributed by atoms with E-state index in [-0.39, 0.29) is 0 Å². The number of benzene rings is 1. The summed E-state index contributed by atoms with van der Waals surface area (Å²) in [5.41, 5.74) is 0.860. The summed E-state index contributed by atoms with van der Waals surface area (Å²) < 4.78 is 7.12. The van der Waals surface area contributed by atoms with E-state index in [0.717, 1.165) is 5.56 Å². The lowest BCUT2D eigenvalue weighted by molar-refractivity contribution is 0.559. The third kappa shape index (κ3) is 2.56. The second-order valence-electron chi connectivity index (χ2n) is 3.93. The Morgan fingerprint density at radius 3 is 2.80 bits per heavy atom. The molecule has 0 fully saturated rings. The van der Waals surface area contributed by atoms with Gasteiger partial charge < -0.3 is 4.42 Å². The third-order valence-corrected chi connectivity index (χ3v) is 3.11. The van der Waals surface area contributed by atoms with Gasteiger partial charge in [-0.05, 0) is 48.6 Å². The minimum Gasteiger partial charge on any atom is -0.463 e. The summed E-state index contributed by atoms with van der Waals surface area (Å²) in [6.45, 7) is 0. The first-order valence-corrected chi connectivity index (χ1v) is 6.54. The maximum atomic E-state index is 5.88. The van der Waals surface area contributed by atoms with Crippen LogP contribution < -0.4 is 0 Å². The van der Waals surface area contributed by atoms with E-state index in [9.17, 15) is 0 Å². The van der Waals surface area contributed by atoms with Gasteiger partial charge in [0, 0.05) is 10.6 Å². The van der Waals surface area contributed by atoms with Crippen LogP contribution in [0.5, 0.6) is 0 Å². The van der Waals surface area contributed by atoms with E-state index in [2.05, 4.69) is 15.3 Å². The number of hydrogen-bond donors (Lipinski definition) is 1. The van der Waals surface area contributed by atoms with E-state index in [4.69, 9.17) is 28.2 Å². The highest BCUT2D eigenvalue weighted by molar-refractivity contribution is 7.71. The summed E-state index contributed by atoms with van der Waals surface area (Å²) in [4.78, 5) is 0. The highest BCUT2D eigenvalue weighted by Gasteiger charge is 2.07. The van der Waals surface area contributed by atoms with E-state index in [0.29, 0.717) is 21.4 Å². The topological polar surface area (TPSA) is 59.1 Å². The first-order valence-electron chi connectivity index (χ1n) is 5.75. The van der Waals surface area contributed by atoms with Crippen LogP contribution in [0.25, 0.3) is 11.4 Å². The van der Waals surface area contributed by atoms with Crippen LogP contribution in [0.3, 0.4) is 0 Å². The Kier molecular flexibility index (Phi) is 3.49. The molecule has 7 heteroatoms. The molecule has 0 unspecified atom stereocenters. The van der Waals surface area contributed by atoms with Gasteiger partial charge in [0.05, 0.1) is 12.5 Å². The van der Waals surface area contributed by atoms with Gasteiger partial charge in [0.2, 0.25) is 4.77 Å². The lowest BCUT2D eigenvalue weighted by Gasteiger charge is -2.00. The third-order valence-electron chi connectivity index (χ3n) is 2.60. The number of nitrogens with zero attached hydrogens (tertiary/aromatic N) is 3. The average molecular weight is 305 g/mol. The van der Waals surface area contributed by atoms with Gasteiger partial charge in [-0.2, -0.15) is 14.9 Å². The first kappa shape index (κ1) is 12.8. The summed E-state index contributed by atoms with van der Waals surface area (Å²) in [5, 5.41) is 11.8. The molecule has 0 saturated heterocycles. The Hall–Kier alpha value is -2.18. The van der Waals surface area contributed by atoms with Crippen molar-refractivity contribution in [3.63, 3.8) is 0 Å². The minimum absolute atomic E-state index is 0.401. The predicted molar refractivity (Wildman–Crippen MR) is 79.6 cm³/mol. The zero-order chi connectivity index (χ0) is 13.9. The average Bonchev–Trinajstić information content (AvgIpc) is 3.07. The Morgan fingerprint density at radius 1 is 1.30 bits per heavy atom. The van der Waals surface area contributed by atoms with Gasteiger partial charge in [-0.1, -0.05) is 11.6 Å². The summed E-state index contributed by atoms with van der Waals surface area (Å²) in [5.74, 6) is 1.24. The number of hydrogen-bond acceptors (Lipinski definition) is 4. The smallest absolute Gasteiger partial charge is 0.216 e. The molecule has 0 spiro atoms. The molecule has 20 heavy (non-hydrogen) atoms. The van der Waals surface area contributed by atoms with Crippen LogP contribution in [0.4, 0.5) is 0 Å². The molecule has 100 valence electrons. The molecule has 1 aromatic carbocycles. The molecule has 0 radical (unpaired) electrons. The molecule has 0 aliphatic carbocycles. The van der Waals surface area contributed by atoms with Crippen LogP contribution in [-0.2, 0) is 0 Å². The van der Waals surface area contributed by atoms with Crippen molar-refractivity contribution in [2.45, 2.75) is 0 Å². The van der Waals surface area contributed by atoms with Gasteiger partial charge in [-0.25, -0.2) is 5.10 Å². The lowest BCUT2D eigenvalue weighted by atomic mass is 10.2. The van der Waals surface area contributed by atoms with E-state index in [1.807, 2.05) is 12.1 Å². The molecule has 0 amide bonds. The Balaban J connectivity index is 2.01. The molecule has 0 saturated carbocycles. The number of nitrogens with one attached hydrogen (secondary N) is 1. The van der Waals surface area contributed by atoms with Crippen LogP contribution in [-0.4, -0.2) is 21.1 Å². The number of H-pyrrole nitrogens is 1. The number of aromatic amines is 1. The van der Waals surface area contributed by atoms with Crippen molar-refractivity contribution >= 4 is 30.0 Å². The molecule has 2 aromatic heterocycles. The fraction of sp³-hybridized carbons (Fsp3) is 0. The maximum Gasteiger partial charge on any atom is 0.216 e. The monoisotopic (exact) mass is 304 g/mol. The van der Waals surface area contributed by atoms with Crippen LogP contribution in [0.1, 0.15) is 5.76 Å². The van der Waals surface area contributed by atoms with Gasteiger partial charge in [0.25, 0.3) is 0 Å². The molecule has 0 aliphatic rings. The largest absolute Gasteiger partial charge is 0.463 e. The number of furan rings is 1. The van der Waals surface area contributed by atoms with Crippen molar-refractivity contribution in [2.24, 2.45) is 5.10 Å². The molecule has 2 heterocycles. The molecule has 3 aromatic rings. The quantitative estimate of drug-likeness (QED) is 0.592. The number of aromatic nitrogens is 3. The van der Waals surface area contributed by atoms with Crippen LogP contribution >= 0.6 is 23.8 Å². The van der Waals surface area contributed by atoms with E-state index < -0.39 is 0 Å². The second-order valence-corrected chi connectivity index (χ2v) is 4.75. The van der Waals surface area contributed by atoms with Crippen LogP contribution in [0, 0.1) is 4.77 Å². The van der Waals surface area contributed by atoms with Crippen molar-refractivity contribution < 1.29 is 4.42 Å². The molecule has 0 aliphatic heterocycles. The second kappa shape index (κ2) is 5.44. The molecule has 3 rings (SSSR count). The fourth-order valence-corrected chi connectivity index (χ4v) is 1.97. The van der Waals surface area contributed by atoms with Crippen LogP contribution in [0.2, 0.25) is 5.02 Å². The first-order chi connectivity index (χ1) is 9.74. The Labute approximate surface area is 124 Å². The van der Waals surface area contributed by atoms with Crippen molar-refractivity contribution in [3.8, 4) is 11.4 Å². The lowest BCUT2D eigenvalue weighted by Crippen LogP contribution is -1.94. The van der Waals surface area contributed by atoms with Gasteiger partial charge in [-0.15, -0.1) is 0 Å². The van der Waals surface area contributed by atoms with Crippen molar-refractivity contribution in [1.82, 2.24) is 14.9 Å². The number of halogens is 1. The molecule has 0 atom stereocenters. The van der Waals surface area contributed by atoms with E-state index in [1.54, 1.807) is 36.7 Å². The van der Waals surface area contributed by atoms with E-state index >= 15 is 0 Å². The van der Waals surface area contributed by atoms with Crippen LogP contribution in [0.15, 0.2) is 52.2 Å². The van der Waals surface area contributed by atoms with Crippen molar-refractivity contribution in [3.05, 3.63) is 58.2 Å². The van der Waals surface area contributed by atoms with Gasteiger partial charge in [0.1, 0.15) is 5.76 Å². The summed E-state index contributed by atoms with van der Waals surface area (Å²) in [7, 11) is 0. The standard InChI is InChI=1S/C13H9ClN4OS/c14-10-5-3-9(4-6-10)12-16-17-13(20)18(12)15-8-11-2-1-7-19-11/h1-8H,(H,17,20)/b15-8-. The normalized spacial score (nSPS) is 11.2. The van der Waals surface area contributed by atoms with Crippen molar-refractivity contribution in [2.75, 3.05) is 0 Å². The maximum absolute atomic E-state index is 5.88. The molecular formula is C13H9ClN4OS. The Bertz CT molecular complexity index is 787. The SMILES string of the molecule is S=c1[nH]nc(-c2ccc(Cl)cc2)n1/N=C\c1ccco1.